The number of nitrogens with one attached hydrogen (secondary N) is 1. The van der Waals surface area contributed by atoms with Crippen LogP contribution < -0.4 is 14.8 Å². The molecule has 152 valence electrons. The van der Waals surface area contributed by atoms with Crippen LogP contribution in [0.15, 0.2) is 18.2 Å². The predicted molar refractivity (Wildman–Crippen MR) is 97.0 cm³/mol. The molecule has 1 aromatic rings. The summed E-state index contributed by atoms with van der Waals surface area (Å²) in [6.45, 7) is 5.96. The third-order valence-electron chi connectivity index (χ3n) is 4.42. The van der Waals surface area contributed by atoms with Crippen molar-refractivity contribution in [3.05, 3.63) is 23.8 Å². The summed E-state index contributed by atoms with van der Waals surface area (Å²) in [5.41, 5.74) is 0.331. The molecule has 28 heavy (non-hydrogen) atoms. The smallest absolute Gasteiger partial charge is 0.326 e. The van der Waals surface area contributed by atoms with Gasteiger partial charge in [-0.15, -0.1) is 0 Å². The molecule has 2 heterocycles. The van der Waals surface area contributed by atoms with Gasteiger partial charge in [0.1, 0.15) is 6.54 Å². The third kappa shape index (κ3) is 4.72. The number of carbonyl (C=O) groups excluding carboxylic acids is 3. The van der Waals surface area contributed by atoms with Crippen molar-refractivity contribution in [2.24, 2.45) is 0 Å². The number of esters is 1. The Hall–Kier alpha value is -2.81. The summed E-state index contributed by atoms with van der Waals surface area (Å²) in [4.78, 5) is 38.3. The Bertz CT molecular complexity index is 757. The summed E-state index contributed by atoms with van der Waals surface area (Å²) >= 11 is 0. The van der Waals surface area contributed by atoms with Crippen molar-refractivity contribution < 1.29 is 33.3 Å². The fraction of sp³-hybridized carbons (Fsp3) is 0.526. The van der Waals surface area contributed by atoms with Crippen molar-refractivity contribution in [1.29, 1.82) is 0 Å². The van der Waals surface area contributed by atoms with Gasteiger partial charge in [0, 0.05) is 18.7 Å². The maximum atomic E-state index is 12.5. The molecule has 1 fully saturated rings. The van der Waals surface area contributed by atoms with E-state index in [4.69, 9.17) is 18.9 Å². The van der Waals surface area contributed by atoms with E-state index >= 15 is 0 Å². The monoisotopic (exact) mass is 392 g/mol. The number of carbonyl (C=O) groups is 3. The minimum atomic E-state index is -0.938. The number of hydrogen-bond acceptors (Lipinski definition) is 7. The molecule has 2 aliphatic rings. The van der Waals surface area contributed by atoms with Crippen molar-refractivity contribution in [3.8, 4) is 11.5 Å². The highest BCUT2D eigenvalue weighted by Gasteiger charge is 2.30. The summed E-state index contributed by atoms with van der Waals surface area (Å²) in [7, 11) is 0. The Kier molecular flexibility index (Phi) is 6.03. The van der Waals surface area contributed by atoms with Crippen molar-refractivity contribution in [1.82, 2.24) is 10.2 Å². The highest BCUT2D eigenvalue weighted by molar-refractivity contribution is 5.96. The van der Waals surface area contributed by atoms with E-state index < -0.39 is 18.0 Å². The topological polar surface area (TPSA) is 103 Å². The van der Waals surface area contributed by atoms with Gasteiger partial charge in [0.05, 0.1) is 12.2 Å². The fourth-order valence-corrected chi connectivity index (χ4v) is 3.20. The molecular weight excluding hydrogens is 368 g/mol. The molecule has 2 amide bonds. The quantitative estimate of drug-likeness (QED) is 0.736. The second kappa shape index (κ2) is 8.47. The SMILES string of the molecule is C[C@@H]1CN(C(=O)[C@H](C)OC(=O)CNC(=O)c2ccc3c(c2)OCO3)C[C@H](C)O1. The second-order valence-corrected chi connectivity index (χ2v) is 6.88. The van der Waals surface area contributed by atoms with E-state index in [0.717, 1.165) is 0 Å². The molecule has 2 aliphatic heterocycles. The van der Waals surface area contributed by atoms with Gasteiger partial charge in [-0.25, -0.2) is 0 Å². The first kappa shape index (κ1) is 19.9. The molecule has 0 unspecified atom stereocenters. The molecule has 0 radical (unpaired) electrons. The number of rotatable bonds is 5. The number of benzene rings is 1. The highest BCUT2D eigenvalue weighted by Crippen LogP contribution is 2.32. The molecule has 1 aromatic carbocycles. The minimum absolute atomic E-state index is 0.0726. The van der Waals surface area contributed by atoms with Crippen LogP contribution in [-0.4, -0.2) is 67.4 Å². The Labute approximate surface area is 162 Å². The Morgan fingerprint density at radius 2 is 1.86 bits per heavy atom. The molecule has 0 saturated carbocycles. The lowest BCUT2D eigenvalue weighted by atomic mass is 10.2. The molecule has 0 bridgehead atoms. The lowest BCUT2D eigenvalue weighted by Gasteiger charge is -2.36. The molecule has 1 N–H and O–H groups in total. The van der Waals surface area contributed by atoms with Gasteiger partial charge in [-0.1, -0.05) is 0 Å². The van der Waals surface area contributed by atoms with Crippen LogP contribution in [0.1, 0.15) is 31.1 Å². The highest BCUT2D eigenvalue weighted by atomic mass is 16.7. The van der Waals surface area contributed by atoms with E-state index in [9.17, 15) is 14.4 Å². The number of fused-ring (bicyclic) bond motifs is 1. The van der Waals surface area contributed by atoms with Crippen LogP contribution in [0.5, 0.6) is 11.5 Å². The van der Waals surface area contributed by atoms with Crippen LogP contribution in [0, 0.1) is 0 Å². The minimum Gasteiger partial charge on any atom is -0.454 e. The zero-order valence-electron chi connectivity index (χ0n) is 16.1. The normalized spacial score (nSPS) is 21.8. The predicted octanol–water partition coefficient (Wildman–Crippen LogP) is 0.713. The van der Waals surface area contributed by atoms with Crippen molar-refractivity contribution >= 4 is 17.8 Å². The molecule has 9 nitrogen and oxygen atoms in total. The maximum Gasteiger partial charge on any atom is 0.326 e. The van der Waals surface area contributed by atoms with E-state index in [0.29, 0.717) is 30.2 Å². The van der Waals surface area contributed by atoms with E-state index in [1.807, 2.05) is 13.8 Å². The van der Waals surface area contributed by atoms with Gasteiger partial charge in [-0.05, 0) is 39.0 Å². The first-order chi connectivity index (χ1) is 13.3. The molecule has 0 spiro atoms. The summed E-state index contributed by atoms with van der Waals surface area (Å²) in [5, 5.41) is 2.47. The number of amides is 2. The Morgan fingerprint density at radius 1 is 1.18 bits per heavy atom. The van der Waals surface area contributed by atoms with Crippen molar-refractivity contribution in [3.63, 3.8) is 0 Å². The zero-order valence-corrected chi connectivity index (χ0v) is 16.1. The van der Waals surface area contributed by atoms with E-state index in [2.05, 4.69) is 5.32 Å². The zero-order chi connectivity index (χ0) is 20.3. The summed E-state index contributed by atoms with van der Waals surface area (Å²) < 4.78 is 21.2. The van der Waals surface area contributed by atoms with Gasteiger partial charge in [0.25, 0.3) is 11.8 Å². The van der Waals surface area contributed by atoms with E-state index in [1.54, 1.807) is 17.0 Å². The standard InChI is InChI=1S/C19H24N2O7/c1-11-8-21(9-12(2)27-11)19(24)13(3)28-17(22)7-20-18(23)14-4-5-15-16(6-14)26-10-25-15/h4-6,11-13H,7-10H2,1-3H3,(H,20,23)/t11-,12+,13-/m0/s1. The van der Waals surface area contributed by atoms with Crippen LogP contribution in [0.4, 0.5) is 0 Å². The average molecular weight is 392 g/mol. The lowest BCUT2D eigenvalue weighted by Crippen LogP contribution is -2.51. The first-order valence-corrected chi connectivity index (χ1v) is 9.15. The Morgan fingerprint density at radius 3 is 2.57 bits per heavy atom. The maximum absolute atomic E-state index is 12.5. The summed E-state index contributed by atoms with van der Waals surface area (Å²) in [5.74, 6) is -0.384. The van der Waals surface area contributed by atoms with E-state index in [1.165, 1.54) is 13.0 Å². The van der Waals surface area contributed by atoms with Gasteiger partial charge in [-0.2, -0.15) is 0 Å². The molecular formula is C19H24N2O7. The molecule has 0 aliphatic carbocycles. The van der Waals surface area contributed by atoms with Gasteiger partial charge in [0.15, 0.2) is 17.6 Å². The lowest BCUT2D eigenvalue weighted by molar-refractivity contribution is -0.163. The van der Waals surface area contributed by atoms with Crippen LogP contribution in [-0.2, 0) is 19.1 Å². The van der Waals surface area contributed by atoms with Crippen LogP contribution in [0.3, 0.4) is 0 Å². The molecule has 1 saturated heterocycles. The third-order valence-corrected chi connectivity index (χ3v) is 4.42. The van der Waals surface area contributed by atoms with Gasteiger partial charge < -0.3 is 29.2 Å². The summed E-state index contributed by atoms with van der Waals surface area (Å²) in [6.07, 6.45) is -1.08. The number of nitrogens with zero attached hydrogens (tertiary/aromatic N) is 1. The van der Waals surface area contributed by atoms with Gasteiger partial charge >= 0.3 is 5.97 Å². The van der Waals surface area contributed by atoms with E-state index in [-0.39, 0.29) is 31.5 Å². The van der Waals surface area contributed by atoms with Gasteiger partial charge in [0.2, 0.25) is 6.79 Å². The number of hydrogen-bond donors (Lipinski definition) is 1. The molecule has 0 aromatic heterocycles. The largest absolute Gasteiger partial charge is 0.454 e. The second-order valence-electron chi connectivity index (χ2n) is 6.88. The number of morpholine rings is 1. The summed E-state index contributed by atoms with van der Waals surface area (Å²) in [6, 6.07) is 4.73. The molecule has 3 rings (SSSR count). The first-order valence-electron chi connectivity index (χ1n) is 9.15. The van der Waals surface area contributed by atoms with Gasteiger partial charge in [-0.3, -0.25) is 14.4 Å². The average Bonchev–Trinajstić information content (AvgIpc) is 3.12. The van der Waals surface area contributed by atoms with Crippen molar-refractivity contribution in [2.45, 2.75) is 39.1 Å². The molecule has 3 atom stereocenters. The Balaban J connectivity index is 1.47. The number of ether oxygens (including phenoxy) is 4. The van der Waals surface area contributed by atoms with Crippen LogP contribution in [0.25, 0.3) is 0 Å². The molecule has 9 heteroatoms. The fourth-order valence-electron chi connectivity index (χ4n) is 3.20. The van der Waals surface area contributed by atoms with Crippen LogP contribution >= 0.6 is 0 Å². The van der Waals surface area contributed by atoms with Crippen LogP contribution in [0.2, 0.25) is 0 Å². The van der Waals surface area contributed by atoms with Crippen molar-refractivity contribution in [2.75, 3.05) is 26.4 Å².